The van der Waals surface area contributed by atoms with Crippen molar-refractivity contribution in [1.82, 2.24) is 14.1 Å². The molecule has 152 valence electrons. The van der Waals surface area contributed by atoms with E-state index in [4.69, 9.17) is 0 Å². The lowest BCUT2D eigenvalue weighted by Crippen LogP contribution is -2.24. The summed E-state index contributed by atoms with van der Waals surface area (Å²) < 4.78 is 28.0. The number of sulfonamides is 1. The first kappa shape index (κ1) is 20.8. The fraction of sp³-hybridized carbons (Fsp3) is 0.238. The summed E-state index contributed by atoms with van der Waals surface area (Å²) in [4.78, 5) is 12.8. The van der Waals surface area contributed by atoms with Crippen molar-refractivity contribution in [3.63, 3.8) is 0 Å². The fourth-order valence-corrected chi connectivity index (χ4v) is 4.14. The number of carbonyl (C=O) groups is 1. The first-order valence-corrected chi connectivity index (χ1v) is 10.6. The van der Waals surface area contributed by atoms with Crippen molar-refractivity contribution in [2.45, 2.75) is 25.2 Å². The number of aromatic nitrogens is 2. The highest BCUT2D eigenvalue weighted by Crippen LogP contribution is 2.24. The molecule has 3 rings (SSSR count). The lowest BCUT2D eigenvalue weighted by Gasteiger charge is -2.15. The molecule has 7 nitrogen and oxygen atoms in total. The van der Waals surface area contributed by atoms with E-state index in [1.165, 1.54) is 20.2 Å². The van der Waals surface area contributed by atoms with Crippen molar-refractivity contribution >= 4 is 21.6 Å². The van der Waals surface area contributed by atoms with Crippen LogP contribution >= 0.6 is 0 Å². The molecule has 0 unspecified atom stereocenters. The molecule has 29 heavy (non-hydrogen) atoms. The van der Waals surface area contributed by atoms with Crippen LogP contribution in [0.2, 0.25) is 0 Å². The maximum atomic E-state index is 12.7. The number of hydrogen-bond acceptors (Lipinski definition) is 4. The molecule has 0 fully saturated rings. The van der Waals surface area contributed by atoms with E-state index in [2.05, 4.69) is 10.4 Å². The van der Waals surface area contributed by atoms with E-state index in [0.29, 0.717) is 0 Å². The average molecular weight is 413 g/mol. The van der Waals surface area contributed by atoms with Gasteiger partial charge in [-0.05, 0) is 38.1 Å². The van der Waals surface area contributed by atoms with E-state index in [0.717, 1.165) is 26.9 Å². The van der Waals surface area contributed by atoms with Crippen LogP contribution in [0, 0.1) is 13.8 Å². The number of rotatable bonds is 6. The molecule has 0 aliphatic carbocycles. The van der Waals surface area contributed by atoms with Gasteiger partial charge in [0.15, 0.2) is 0 Å². The van der Waals surface area contributed by atoms with E-state index >= 15 is 0 Å². The monoisotopic (exact) mass is 412 g/mol. The summed E-state index contributed by atoms with van der Waals surface area (Å²) in [6.45, 7) is 3.78. The molecular formula is C21H24N4O3S. The lowest BCUT2D eigenvalue weighted by molar-refractivity contribution is -0.115. The number of hydrogen-bond donors (Lipinski definition) is 1. The maximum absolute atomic E-state index is 12.7. The number of para-hydroxylation sites is 2. The molecule has 0 aliphatic rings. The largest absolute Gasteiger partial charge is 0.325 e. The van der Waals surface area contributed by atoms with Crippen LogP contribution in [0.15, 0.2) is 59.5 Å². The molecule has 0 saturated carbocycles. The van der Waals surface area contributed by atoms with Gasteiger partial charge in [-0.3, -0.25) is 4.79 Å². The second-order valence-corrected chi connectivity index (χ2v) is 9.03. The molecule has 1 N–H and O–H groups in total. The first-order valence-electron chi connectivity index (χ1n) is 9.13. The Morgan fingerprint density at radius 1 is 1.03 bits per heavy atom. The van der Waals surface area contributed by atoms with Gasteiger partial charge >= 0.3 is 0 Å². The van der Waals surface area contributed by atoms with Crippen LogP contribution < -0.4 is 5.32 Å². The van der Waals surface area contributed by atoms with Gasteiger partial charge in [-0.25, -0.2) is 17.4 Å². The molecule has 1 aromatic heterocycles. The van der Waals surface area contributed by atoms with Gasteiger partial charge in [-0.2, -0.15) is 5.10 Å². The van der Waals surface area contributed by atoms with Crippen molar-refractivity contribution < 1.29 is 13.2 Å². The molecule has 0 saturated heterocycles. The van der Waals surface area contributed by atoms with E-state index in [9.17, 15) is 13.2 Å². The SMILES string of the molecule is Cc1nn(-c2ccccc2)c(C)c1CC(=O)Nc1ccccc1S(=O)(=O)N(C)C. The van der Waals surface area contributed by atoms with Gasteiger partial charge in [0.1, 0.15) is 4.90 Å². The summed E-state index contributed by atoms with van der Waals surface area (Å²) in [7, 11) is -0.758. The normalized spacial score (nSPS) is 11.6. The summed E-state index contributed by atoms with van der Waals surface area (Å²) >= 11 is 0. The Hall–Kier alpha value is -2.97. The highest BCUT2D eigenvalue weighted by atomic mass is 32.2. The zero-order chi connectivity index (χ0) is 21.2. The summed E-state index contributed by atoms with van der Waals surface area (Å²) in [6, 6.07) is 16.1. The Morgan fingerprint density at radius 2 is 1.66 bits per heavy atom. The number of amides is 1. The van der Waals surface area contributed by atoms with Gasteiger partial charge < -0.3 is 5.32 Å². The first-order chi connectivity index (χ1) is 13.7. The number of benzene rings is 2. The molecule has 3 aromatic rings. The zero-order valence-electron chi connectivity index (χ0n) is 16.9. The van der Waals surface area contributed by atoms with Crippen LogP contribution in [0.3, 0.4) is 0 Å². The number of aryl methyl sites for hydroxylation is 1. The van der Waals surface area contributed by atoms with E-state index in [1.807, 2.05) is 48.9 Å². The molecular weight excluding hydrogens is 388 g/mol. The highest BCUT2D eigenvalue weighted by Gasteiger charge is 2.22. The second kappa shape index (κ2) is 8.18. The number of anilines is 1. The fourth-order valence-electron chi connectivity index (χ4n) is 3.10. The standard InChI is InChI=1S/C21H24N4O3S/c1-15-18(16(2)25(23-15)17-10-6-5-7-11-17)14-21(26)22-19-12-8-9-13-20(19)29(27,28)24(3)4/h5-13H,14H2,1-4H3,(H,22,26). The molecule has 0 bridgehead atoms. The Kier molecular flexibility index (Phi) is 5.86. The maximum Gasteiger partial charge on any atom is 0.244 e. The smallest absolute Gasteiger partial charge is 0.244 e. The van der Waals surface area contributed by atoms with Crippen LogP contribution in [-0.4, -0.2) is 42.5 Å². The van der Waals surface area contributed by atoms with Crippen molar-refractivity contribution in [2.24, 2.45) is 0 Å². The van der Waals surface area contributed by atoms with Crippen molar-refractivity contribution in [1.29, 1.82) is 0 Å². The van der Waals surface area contributed by atoms with E-state index < -0.39 is 10.0 Å². The van der Waals surface area contributed by atoms with Crippen LogP contribution in [0.1, 0.15) is 17.0 Å². The topological polar surface area (TPSA) is 84.3 Å². The third-order valence-electron chi connectivity index (χ3n) is 4.70. The molecule has 1 amide bonds. The molecule has 2 aromatic carbocycles. The molecule has 0 spiro atoms. The second-order valence-electron chi connectivity index (χ2n) is 6.91. The Labute approximate surface area is 171 Å². The average Bonchev–Trinajstić information content (AvgIpc) is 2.97. The van der Waals surface area contributed by atoms with Gasteiger partial charge in [0.2, 0.25) is 15.9 Å². The van der Waals surface area contributed by atoms with Crippen molar-refractivity contribution in [3.8, 4) is 5.69 Å². The van der Waals surface area contributed by atoms with Gasteiger partial charge in [0.05, 0.1) is 23.5 Å². The summed E-state index contributed by atoms with van der Waals surface area (Å²) in [6.07, 6.45) is 0.0981. The lowest BCUT2D eigenvalue weighted by atomic mass is 10.1. The Morgan fingerprint density at radius 3 is 2.31 bits per heavy atom. The third-order valence-corrected chi connectivity index (χ3v) is 6.57. The molecule has 8 heteroatoms. The van der Waals surface area contributed by atoms with E-state index in [1.54, 1.807) is 18.2 Å². The molecule has 0 aliphatic heterocycles. The Bertz CT molecular complexity index is 1140. The van der Waals surface area contributed by atoms with E-state index in [-0.39, 0.29) is 22.9 Å². The summed E-state index contributed by atoms with van der Waals surface area (Å²) in [5.74, 6) is -0.301. The minimum absolute atomic E-state index is 0.0618. The number of carbonyl (C=O) groups excluding carboxylic acids is 1. The highest BCUT2D eigenvalue weighted by molar-refractivity contribution is 7.89. The number of nitrogens with zero attached hydrogens (tertiary/aromatic N) is 3. The van der Waals surface area contributed by atoms with Crippen LogP contribution in [0.5, 0.6) is 0 Å². The molecule has 1 heterocycles. The summed E-state index contributed by atoms with van der Waals surface area (Å²) in [5, 5.41) is 7.30. The van der Waals surface area contributed by atoms with Gasteiger partial charge in [0.25, 0.3) is 0 Å². The predicted octanol–water partition coefficient (Wildman–Crippen LogP) is 2.92. The van der Waals surface area contributed by atoms with Crippen LogP contribution in [-0.2, 0) is 21.2 Å². The van der Waals surface area contributed by atoms with Crippen molar-refractivity contribution in [3.05, 3.63) is 71.5 Å². The Balaban J connectivity index is 1.86. The quantitative estimate of drug-likeness (QED) is 0.675. The third kappa shape index (κ3) is 4.23. The van der Waals surface area contributed by atoms with Gasteiger partial charge in [-0.15, -0.1) is 0 Å². The van der Waals surface area contributed by atoms with Crippen molar-refractivity contribution in [2.75, 3.05) is 19.4 Å². The summed E-state index contributed by atoms with van der Waals surface area (Å²) in [5.41, 5.74) is 3.63. The molecule has 0 atom stereocenters. The number of nitrogens with one attached hydrogen (secondary N) is 1. The minimum atomic E-state index is -3.67. The van der Waals surface area contributed by atoms with Crippen LogP contribution in [0.4, 0.5) is 5.69 Å². The van der Waals surface area contributed by atoms with Gasteiger partial charge in [-0.1, -0.05) is 30.3 Å². The van der Waals surface area contributed by atoms with Gasteiger partial charge in [0, 0.05) is 25.4 Å². The zero-order valence-corrected chi connectivity index (χ0v) is 17.7. The van der Waals surface area contributed by atoms with Crippen LogP contribution in [0.25, 0.3) is 5.69 Å². The predicted molar refractivity (Wildman–Crippen MR) is 113 cm³/mol. The molecule has 0 radical (unpaired) electrons. The minimum Gasteiger partial charge on any atom is -0.325 e.